The molecule has 1 aromatic carbocycles. The van der Waals surface area contributed by atoms with Crippen LogP contribution in [0.1, 0.15) is 36.5 Å². The highest BCUT2D eigenvalue weighted by Gasteiger charge is 2.26. The van der Waals surface area contributed by atoms with Gasteiger partial charge in [0, 0.05) is 24.7 Å². The Labute approximate surface area is 130 Å². The van der Waals surface area contributed by atoms with Crippen LogP contribution >= 0.6 is 0 Å². The van der Waals surface area contributed by atoms with Crippen molar-refractivity contribution in [1.82, 2.24) is 9.62 Å². The van der Waals surface area contributed by atoms with Crippen LogP contribution in [0.25, 0.3) is 0 Å². The minimum absolute atomic E-state index is 0.117. The molecule has 1 amide bonds. The fourth-order valence-corrected chi connectivity index (χ4v) is 3.96. The van der Waals surface area contributed by atoms with E-state index in [1.54, 1.807) is 4.90 Å². The lowest BCUT2D eigenvalue weighted by Gasteiger charge is -2.32. The molecule has 0 saturated carbocycles. The topological polar surface area (TPSA) is 66.5 Å². The van der Waals surface area contributed by atoms with Gasteiger partial charge >= 0.3 is 0 Å². The third-order valence-corrected chi connectivity index (χ3v) is 5.33. The van der Waals surface area contributed by atoms with Crippen LogP contribution in [0.3, 0.4) is 0 Å². The summed E-state index contributed by atoms with van der Waals surface area (Å²) in [6.07, 6.45) is 1.77. The van der Waals surface area contributed by atoms with Crippen LogP contribution < -0.4 is 4.72 Å². The second-order valence-electron chi connectivity index (χ2n) is 5.51. The second kappa shape index (κ2) is 7.19. The SMILES string of the molecule is CCCS(=O)(=O)NC1CCN(C(=O)c2ccc(F)cc2)CC1. The van der Waals surface area contributed by atoms with Gasteiger partial charge in [0.2, 0.25) is 10.0 Å². The number of benzene rings is 1. The summed E-state index contributed by atoms with van der Waals surface area (Å²) in [5.74, 6) is -0.391. The molecule has 22 heavy (non-hydrogen) atoms. The summed E-state index contributed by atoms with van der Waals surface area (Å²) in [4.78, 5) is 13.9. The van der Waals surface area contributed by atoms with Gasteiger partial charge in [0.15, 0.2) is 0 Å². The minimum Gasteiger partial charge on any atom is -0.339 e. The molecule has 0 aromatic heterocycles. The summed E-state index contributed by atoms with van der Waals surface area (Å²) in [6.45, 7) is 2.81. The quantitative estimate of drug-likeness (QED) is 0.896. The van der Waals surface area contributed by atoms with Gasteiger partial charge in [-0.15, -0.1) is 0 Å². The van der Waals surface area contributed by atoms with Crippen molar-refractivity contribution in [2.75, 3.05) is 18.8 Å². The number of piperidine rings is 1. The van der Waals surface area contributed by atoms with E-state index in [4.69, 9.17) is 0 Å². The maximum atomic E-state index is 12.9. The predicted molar refractivity (Wildman–Crippen MR) is 82.5 cm³/mol. The minimum atomic E-state index is -3.22. The van der Waals surface area contributed by atoms with Crippen LogP contribution in [0, 0.1) is 5.82 Å². The molecule has 2 rings (SSSR count). The summed E-state index contributed by atoms with van der Waals surface area (Å²) >= 11 is 0. The van der Waals surface area contributed by atoms with Gasteiger partial charge in [-0.25, -0.2) is 17.5 Å². The molecule has 1 aromatic rings. The molecule has 1 fully saturated rings. The first-order valence-corrected chi connectivity index (χ1v) is 9.11. The lowest BCUT2D eigenvalue weighted by molar-refractivity contribution is 0.0711. The van der Waals surface area contributed by atoms with Crippen LogP contribution in [0.2, 0.25) is 0 Å². The molecule has 122 valence electrons. The normalized spacial score (nSPS) is 16.7. The zero-order valence-corrected chi connectivity index (χ0v) is 13.4. The van der Waals surface area contributed by atoms with Gasteiger partial charge in [-0.1, -0.05) is 6.92 Å². The molecule has 1 saturated heterocycles. The Kier molecular flexibility index (Phi) is 5.52. The molecular weight excluding hydrogens is 307 g/mol. The number of nitrogens with one attached hydrogen (secondary N) is 1. The zero-order valence-electron chi connectivity index (χ0n) is 12.6. The molecular formula is C15H21FN2O3S. The van der Waals surface area contributed by atoms with Crippen molar-refractivity contribution in [1.29, 1.82) is 0 Å². The van der Waals surface area contributed by atoms with E-state index >= 15 is 0 Å². The average Bonchev–Trinajstić information content (AvgIpc) is 2.47. The number of halogens is 1. The molecule has 0 unspecified atom stereocenters. The van der Waals surface area contributed by atoms with Crippen molar-refractivity contribution in [3.8, 4) is 0 Å². The Morgan fingerprint density at radius 1 is 1.27 bits per heavy atom. The number of likely N-dealkylation sites (tertiary alicyclic amines) is 1. The molecule has 1 aliphatic heterocycles. The Bertz CT molecular complexity index is 608. The molecule has 0 bridgehead atoms. The number of carbonyl (C=O) groups is 1. The van der Waals surface area contributed by atoms with Crippen molar-refractivity contribution in [3.63, 3.8) is 0 Å². The number of hydrogen-bond acceptors (Lipinski definition) is 3. The van der Waals surface area contributed by atoms with Gasteiger partial charge in [0.1, 0.15) is 5.82 Å². The van der Waals surface area contributed by atoms with E-state index in [-0.39, 0.29) is 23.5 Å². The largest absolute Gasteiger partial charge is 0.339 e. The molecule has 5 nitrogen and oxygen atoms in total. The Hall–Kier alpha value is -1.47. The number of carbonyl (C=O) groups excluding carboxylic acids is 1. The van der Waals surface area contributed by atoms with Crippen LogP contribution in [0.4, 0.5) is 4.39 Å². The third kappa shape index (κ3) is 4.51. The zero-order chi connectivity index (χ0) is 16.2. The van der Waals surface area contributed by atoms with E-state index in [0.29, 0.717) is 37.9 Å². The fraction of sp³-hybridized carbons (Fsp3) is 0.533. The number of rotatable bonds is 5. The smallest absolute Gasteiger partial charge is 0.253 e. The maximum Gasteiger partial charge on any atom is 0.253 e. The molecule has 0 atom stereocenters. The maximum absolute atomic E-state index is 12.9. The molecule has 1 aliphatic rings. The van der Waals surface area contributed by atoms with E-state index in [2.05, 4.69) is 4.72 Å². The highest BCUT2D eigenvalue weighted by Crippen LogP contribution is 2.15. The van der Waals surface area contributed by atoms with Gasteiger partial charge in [0.25, 0.3) is 5.91 Å². The number of hydrogen-bond donors (Lipinski definition) is 1. The van der Waals surface area contributed by atoms with E-state index in [1.165, 1.54) is 24.3 Å². The van der Waals surface area contributed by atoms with Gasteiger partial charge in [-0.3, -0.25) is 4.79 Å². The predicted octanol–water partition coefficient (Wildman–Crippen LogP) is 1.76. The third-order valence-electron chi connectivity index (χ3n) is 3.69. The van der Waals surface area contributed by atoms with E-state index in [0.717, 1.165) is 0 Å². The first kappa shape index (κ1) is 16.9. The molecule has 1 heterocycles. The lowest BCUT2D eigenvalue weighted by Crippen LogP contribution is -2.46. The van der Waals surface area contributed by atoms with Gasteiger partial charge < -0.3 is 4.90 Å². The highest BCUT2D eigenvalue weighted by atomic mass is 32.2. The standard InChI is InChI=1S/C15H21FN2O3S/c1-2-11-22(20,21)17-14-7-9-18(10-8-14)15(19)12-3-5-13(16)6-4-12/h3-6,14,17H,2,7-11H2,1H3. The van der Waals surface area contributed by atoms with Crippen molar-refractivity contribution in [3.05, 3.63) is 35.6 Å². The van der Waals surface area contributed by atoms with Crippen molar-refractivity contribution < 1.29 is 17.6 Å². The van der Waals surface area contributed by atoms with E-state index < -0.39 is 10.0 Å². The lowest BCUT2D eigenvalue weighted by atomic mass is 10.0. The number of nitrogens with zero attached hydrogens (tertiary/aromatic N) is 1. The van der Waals surface area contributed by atoms with Gasteiger partial charge in [0.05, 0.1) is 5.75 Å². The van der Waals surface area contributed by atoms with Crippen LogP contribution in [-0.4, -0.2) is 44.1 Å². The second-order valence-corrected chi connectivity index (χ2v) is 7.38. The Morgan fingerprint density at radius 2 is 1.86 bits per heavy atom. The van der Waals surface area contributed by atoms with Crippen LogP contribution in [0.5, 0.6) is 0 Å². The van der Waals surface area contributed by atoms with E-state index in [9.17, 15) is 17.6 Å². The molecule has 0 aliphatic carbocycles. The summed E-state index contributed by atoms with van der Waals surface area (Å²) in [6, 6.07) is 5.34. The molecule has 7 heteroatoms. The van der Waals surface area contributed by atoms with Gasteiger partial charge in [-0.2, -0.15) is 0 Å². The van der Waals surface area contributed by atoms with Gasteiger partial charge in [-0.05, 0) is 43.5 Å². The van der Waals surface area contributed by atoms with E-state index in [1.807, 2.05) is 6.92 Å². The van der Waals surface area contributed by atoms with Crippen LogP contribution in [0.15, 0.2) is 24.3 Å². The Balaban J connectivity index is 1.89. The molecule has 0 spiro atoms. The Morgan fingerprint density at radius 3 is 2.41 bits per heavy atom. The monoisotopic (exact) mass is 328 g/mol. The van der Waals surface area contributed by atoms with Crippen molar-refractivity contribution >= 4 is 15.9 Å². The fourth-order valence-electron chi connectivity index (χ4n) is 2.56. The van der Waals surface area contributed by atoms with Crippen molar-refractivity contribution in [2.24, 2.45) is 0 Å². The summed E-state index contributed by atoms with van der Waals surface area (Å²) in [7, 11) is -3.22. The van der Waals surface area contributed by atoms with Crippen molar-refractivity contribution in [2.45, 2.75) is 32.2 Å². The average molecular weight is 328 g/mol. The molecule has 1 N–H and O–H groups in total. The molecule has 0 radical (unpaired) electrons. The summed E-state index contributed by atoms with van der Waals surface area (Å²) in [5.41, 5.74) is 0.450. The number of amides is 1. The van der Waals surface area contributed by atoms with Crippen LogP contribution in [-0.2, 0) is 10.0 Å². The first-order valence-electron chi connectivity index (χ1n) is 7.46. The summed E-state index contributed by atoms with van der Waals surface area (Å²) < 4.78 is 39.0. The first-order chi connectivity index (χ1) is 10.4. The number of sulfonamides is 1. The highest BCUT2D eigenvalue weighted by molar-refractivity contribution is 7.89. The summed E-state index contributed by atoms with van der Waals surface area (Å²) in [5, 5.41) is 0.